The Morgan fingerprint density at radius 1 is 1.02 bits per heavy atom. The van der Waals surface area contributed by atoms with E-state index < -0.39 is 10.0 Å². The second kappa shape index (κ2) is 17.8. The van der Waals surface area contributed by atoms with E-state index in [2.05, 4.69) is 71.0 Å². The van der Waals surface area contributed by atoms with Gasteiger partial charge in [-0.1, -0.05) is 50.8 Å². The molecule has 2 aromatic carbocycles. The van der Waals surface area contributed by atoms with Gasteiger partial charge < -0.3 is 14.4 Å². The van der Waals surface area contributed by atoms with Crippen LogP contribution in [0.2, 0.25) is 0 Å². The first-order valence-corrected chi connectivity index (χ1v) is 19.3. The highest BCUT2D eigenvalue weighted by Crippen LogP contribution is 2.27. The predicted molar refractivity (Wildman–Crippen MR) is 198 cm³/mol. The fraction of sp³-hybridized carbons (Fsp3) is 0.556. The van der Waals surface area contributed by atoms with Crippen LogP contribution in [-0.2, 0) is 14.8 Å². The molecule has 3 aromatic rings. The van der Waals surface area contributed by atoms with E-state index in [-0.39, 0.29) is 12.2 Å². The number of aryl methyl sites for hydroxylation is 3. The molecule has 0 fully saturated rings. The number of nitrogens with zero attached hydrogens (tertiary/aromatic N) is 6. The minimum Gasteiger partial charge on any atom is -0.465 e. The lowest BCUT2D eigenvalue weighted by atomic mass is 10.1. The molecule has 4 rings (SSSR count). The molecule has 2 N–H and O–H groups in total. The van der Waals surface area contributed by atoms with Gasteiger partial charge in [0.2, 0.25) is 22.1 Å². The summed E-state index contributed by atoms with van der Waals surface area (Å²) < 4.78 is 38.0. The number of rotatable bonds is 20. The van der Waals surface area contributed by atoms with Crippen LogP contribution in [0.1, 0.15) is 94.1 Å². The highest BCUT2D eigenvalue weighted by Gasteiger charge is 2.26. The summed E-state index contributed by atoms with van der Waals surface area (Å²) >= 11 is 0. The van der Waals surface area contributed by atoms with Crippen molar-refractivity contribution < 1.29 is 17.9 Å². The zero-order valence-corrected chi connectivity index (χ0v) is 31.2. The van der Waals surface area contributed by atoms with Crippen molar-refractivity contribution in [2.75, 3.05) is 44.1 Å². The van der Waals surface area contributed by atoms with Crippen molar-refractivity contribution in [1.82, 2.24) is 24.9 Å². The zero-order valence-electron chi connectivity index (χ0n) is 30.4. The van der Waals surface area contributed by atoms with E-state index in [0.717, 1.165) is 59.8 Å². The number of nitrogens with one attached hydrogen (secondary N) is 2. The number of aliphatic imine (C=N–C) groups is 1. The Balaban J connectivity index is 1.36. The van der Waals surface area contributed by atoms with Crippen LogP contribution in [0.5, 0.6) is 5.75 Å². The molecule has 0 radical (unpaired) electrons. The Morgan fingerprint density at radius 3 is 2.51 bits per heavy atom. The maximum absolute atomic E-state index is 11.5. The third kappa shape index (κ3) is 11.2. The number of anilines is 1. The number of likely N-dealkylation sites (N-methyl/N-ethyl adjacent to an activating group) is 1. The molecule has 1 aliphatic heterocycles. The summed E-state index contributed by atoms with van der Waals surface area (Å²) in [7, 11) is -3.23. The Morgan fingerprint density at radius 2 is 1.82 bits per heavy atom. The molecule has 2 atom stereocenters. The number of fused-ring (bicyclic) bond motifs is 1. The number of hydrogen-bond acceptors (Lipinski definition) is 10. The van der Waals surface area contributed by atoms with E-state index in [1.807, 2.05) is 39.0 Å². The van der Waals surface area contributed by atoms with Gasteiger partial charge in [-0.3, -0.25) is 5.32 Å². The molecule has 0 bridgehead atoms. The number of unbranched alkanes of at least 4 members (excludes halogenated alkanes) is 3. The number of hydrogen-bond donors (Lipinski definition) is 2. The molecule has 1 aliphatic rings. The summed E-state index contributed by atoms with van der Waals surface area (Å²) in [4.78, 5) is 13.5. The normalized spacial score (nSPS) is 14.9. The van der Waals surface area contributed by atoms with Crippen LogP contribution in [0.3, 0.4) is 0 Å². The first-order valence-electron chi connectivity index (χ1n) is 17.4. The molecule has 0 amide bonds. The van der Waals surface area contributed by atoms with Crippen molar-refractivity contribution in [3.63, 3.8) is 0 Å². The molecule has 0 saturated heterocycles. The molecular weight excluding hydrogens is 641 g/mol. The van der Waals surface area contributed by atoms with Gasteiger partial charge >= 0.3 is 0 Å². The van der Waals surface area contributed by atoms with Crippen LogP contribution in [0.4, 0.5) is 11.4 Å². The van der Waals surface area contributed by atoms with Gasteiger partial charge in [-0.2, -0.15) is 5.10 Å². The molecule has 2 unspecified atom stereocenters. The minimum atomic E-state index is -3.23. The van der Waals surface area contributed by atoms with Crippen LogP contribution in [0, 0.1) is 20.8 Å². The molecule has 1 aromatic heterocycles. The summed E-state index contributed by atoms with van der Waals surface area (Å²) in [5, 5.41) is 12.7. The number of benzene rings is 2. The molecular formula is C36H54N8O4S. The van der Waals surface area contributed by atoms with Crippen molar-refractivity contribution in [3.05, 3.63) is 64.7 Å². The zero-order chi connectivity index (χ0) is 35.6. The molecule has 0 aliphatic carbocycles. The molecule has 0 spiro atoms. The van der Waals surface area contributed by atoms with Gasteiger partial charge in [0.1, 0.15) is 18.2 Å². The van der Waals surface area contributed by atoms with E-state index >= 15 is 0 Å². The van der Waals surface area contributed by atoms with E-state index in [4.69, 9.17) is 19.5 Å². The van der Waals surface area contributed by atoms with Gasteiger partial charge in [0.25, 0.3) is 0 Å². The van der Waals surface area contributed by atoms with Gasteiger partial charge in [0.05, 0.1) is 17.7 Å². The molecule has 12 nitrogen and oxygen atoms in total. The summed E-state index contributed by atoms with van der Waals surface area (Å²) in [6, 6.07) is 12.3. The van der Waals surface area contributed by atoms with Crippen LogP contribution in [0.25, 0.3) is 0 Å². The van der Waals surface area contributed by atoms with Crippen LogP contribution in [-0.4, -0.2) is 80.2 Å². The topological polar surface area (TPSA) is 135 Å². The summed E-state index contributed by atoms with van der Waals surface area (Å²) in [6.45, 7) is 17.0. The molecule has 0 saturated carbocycles. The van der Waals surface area contributed by atoms with Gasteiger partial charge in [0, 0.05) is 44.2 Å². The lowest BCUT2D eigenvalue weighted by molar-refractivity contribution is -0.0921. The third-order valence-electron chi connectivity index (χ3n) is 8.46. The lowest BCUT2D eigenvalue weighted by Crippen LogP contribution is -2.34. The highest BCUT2D eigenvalue weighted by atomic mass is 32.2. The van der Waals surface area contributed by atoms with E-state index in [9.17, 15) is 8.42 Å². The molecule has 268 valence electrons. The minimum absolute atomic E-state index is 0.0138. The maximum atomic E-state index is 11.5. The largest absolute Gasteiger partial charge is 0.465 e. The standard InChI is InChI=1S/C36H54N8O4S/c1-9-11-12-13-14-33(48-32-18-15-25(3)21-27(32)5)47-24-37-23-28(6)35-40-36-34(29(7)41-44(36)42-35)39-31-17-16-30(22-26(31)4)43(10-2)20-19-38-49(8,45)46/h15-18,21-22,28,33,37-38H,9-14,19-20,23-24H2,1-8H3. The van der Waals surface area contributed by atoms with Gasteiger partial charge in [-0.15, -0.1) is 9.89 Å². The molecule has 13 heteroatoms. The van der Waals surface area contributed by atoms with Crippen LogP contribution in [0.15, 0.2) is 46.5 Å². The Hall–Kier alpha value is -3.65. The average Bonchev–Trinajstić information content (AvgIpc) is 3.58. The van der Waals surface area contributed by atoms with E-state index in [1.165, 1.54) is 24.7 Å². The van der Waals surface area contributed by atoms with Crippen LogP contribution >= 0.6 is 0 Å². The second-order valence-corrected chi connectivity index (χ2v) is 14.7. The number of ether oxygens (including phenoxy) is 2. The molecule has 2 heterocycles. The first kappa shape index (κ1) is 38.2. The van der Waals surface area contributed by atoms with Gasteiger partial charge in [-0.05, 0) is 76.4 Å². The smallest absolute Gasteiger partial charge is 0.208 e. The quantitative estimate of drug-likeness (QED) is 0.109. The van der Waals surface area contributed by atoms with Crippen LogP contribution < -0.4 is 19.7 Å². The fourth-order valence-corrected chi connectivity index (χ4v) is 6.11. The Labute approximate surface area is 292 Å². The second-order valence-electron chi connectivity index (χ2n) is 12.9. The monoisotopic (exact) mass is 694 g/mol. The van der Waals surface area contributed by atoms with Crippen molar-refractivity contribution in [2.45, 2.75) is 92.8 Å². The average molecular weight is 695 g/mol. The summed E-state index contributed by atoms with van der Waals surface area (Å²) in [5.41, 5.74) is 6.57. The van der Waals surface area contributed by atoms with Crippen molar-refractivity contribution >= 4 is 32.8 Å². The van der Waals surface area contributed by atoms with Gasteiger partial charge in [-0.25, -0.2) is 23.1 Å². The van der Waals surface area contributed by atoms with Crippen molar-refractivity contribution in [1.29, 1.82) is 0 Å². The van der Waals surface area contributed by atoms with Gasteiger partial charge in [0.15, 0.2) is 5.82 Å². The van der Waals surface area contributed by atoms with E-state index in [0.29, 0.717) is 43.7 Å². The maximum Gasteiger partial charge on any atom is 0.208 e. The first-order chi connectivity index (χ1) is 23.4. The fourth-order valence-electron chi connectivity index (χ4n) is 5.65. The SMILES string of the molecule is CCCCCCC(OCNCC(C)c1nc2n(n1)N=C(C)C2=Nc1ccc(N(CC)CCNS(C)(=O)=O)cc1C)Oc1ccc(C)cc1C. The van der Waals surface area contributed by atoms with Crippen molar-refractivity contribution in [3.8, 4) is 5.75 Å². The summed E-state index contributed by atoms with van der Waals surface area (Å²) in [5.74, 6) is 2.18. The molecule has 49 heavy (non-hydrogen) atoms. The number of aromatic nitrogens is 3. The summed E-state index contributed by atoms with van der Waals surface area (Å²) in [6.07, 6.45) is 6.29. The van der Waals surface area contributed by atoms with Crippen molar-refractivity contribution in [2.24, 2.45) is 10.1 Å². The highest BCUT2D eigenvalue weighted by molar-refractivity contribution is 7.88. The van der Waals surface area contributed by atoms with E-state index in [1.54, 1.807) is 4.79 Å². The Kier molecular flexibility index (Phi) is 13.9. The lowest BCUT2D eigenvalue weighted by Gasteiger charge is -2.23. The number of sulfonamides is 1. The predicted octanol–water partition coefficient (Wildman–Crippen LogP) is 5.98. The Bertz CT molecular complexity index is 1720. The third-order valence-corrected chi connectivity index (χ3v) is 9.19.